The maximum absolute atomic E-state index is 14.0. The van der Waals surface area contributed by atoms with Crippen LogP contribution in [0.5, 0.6) is 0 Å². The number of benzene rings is 1. The molecule has 4 nitrogen and oxygen atoms in total. The summed E-state index contributed by atoms with van der Waals surface area (Å²) in [5.74, 6) is -0.494. The first-order valence-electron chi connectivity index (χ1n) is 11.8. The molecular formula is C26H40O4SSi. The number of carbonyl (C=O) groups is 2. The van der Waals surface area contributed by atoms with Gasteiger partial charge < -0.3 is 9.16 Å². The number of Topliss-reactive ketones (excluding diaryl/α,β-unsaturated/α-hetero) is 1. The number of ether oxygens (including phenoxy) is 1. The quantitative estimate of drug-likeness (QED) is 0.276. The van der Waals surface area contributed by atoms with Crippen LogP contribution < -0.4 is 0 Å². The van der Waals surface area contributed by atoms with Gasteiger partial charge in [0.1, 0.15) is 0 Å². The van der Waals surface area contributed by atoms with E-state index in [1.807, 2.05) is 18.2 Å². The highest BCUT2D eigenvalue weighted by atomic mass is 32.2. The number of hydrogen-bond acceptors (Lipinski definition) is 5. The van der Waals surface area contributed by atoms with Gasteiger partial charge in [-0.25, -0.2) is 0 Å². The summed E-state index contributed by atoms with van der Waals surface area (Å²) in [5, 5.41) is 0.0997. The molecule has 6 heteroatoms. The minimum absolute atomic E-state index is 0.00379. The molecule has 4 atom stereocenters. The van der Waals surface area contributed by atoms with Crippen molar-refractivity contribution in [2.24, 2.45) is 16.7 Å². The lowest BCUT2D eigenvalue weighted by Crippen LogP contribution is -2.67. The number of methoxy groups -OCH3 is 1. The topological polar surface area (TPSA) is 52.6 Å². The summed E-state index contributed by atoms with van der Waals surface area (Å²) in [6.45, 7) is 15.5. The smallest absolute Gasteiger partial charge is 0.322 e. The largest absolute Gasteiger partial charge is 0.468 e. The molecule has 1 aromatic rings. The number of thioether (sulfide) groups is 1. The fraction of sp³-hybridized carbons (Fsp3) is 0.692. The minimum atomic E-state index is -2.19. The molecule has 0 radical (unpaired) electrons. The van der Waals surface area contributed by atoms with E-state index in [2.05, 4.69) is 59.8 Å². The summed E-state index contributed by atoms with van der Waals surface area (Å²) in [4.78, 5) is 28.7. The summed E-state index contributed by atoms with van der Waals surface area (Å²) < 4.78 is 12.2. The second-order valence-electron chi connectivity index (χ2n) is 11.6. The van der Waals surface area contributed by atoms with Crippen molar-refractivity contribution in [1.29, 1.82) is 0 Å². The lowest BCUT2D eigenvalue weighted by atomic mass is 9.49. The third kappa shape index (κ3) is 4.23. The van der Waals surface area contributed by atoms with Gasteiger partial charge in [0.15, 0.2) is 19.5 Å². The van der Waals surface area contributed by atoms with Gasteiger partial charge in [-0.1, -0.05) is 59.2 Å². The highest BCUT2D eigenvalue weighted by molar-refractivity contribution is 8.00. The fourth-order valence-electron chi connectivity index (χ4n) is 5.44. The molecule has 2 aliphatic rings. The van der Waals surface area contributed by atoms with Gasteiger partial charge in [0.05, 0.1) is 13.2 Å². The third-order valence-corrected chi connectivity index (χ3v) is 14.5. The second kappa shape index (κ2) is 8.92. The molecule has 3 rings (SSSR count). The lowest BCUT2D eigenvalue weighted by Gasteiger charge is -2.58. The summed E-state index contributed by atoms with van der Waals surface area (Å²) in [6.07, 6.45) is 2.48. The summed E-state index contributed by atoms with van der Waals surface area (Å²) in [5.41, 5.74) is -1.43. The van der Waals surface area contributed by atoms with E-state index < -0.39 is 25.8 Å². The molecule has 1 aromatic carbocycles. The predicted molar refractivity (Wildman–Crippen MR) is 133 cm³/mol. The van der Waals surface area contributed by atoms with Crippen LogP contribution in [0.2, 0.25) is 18.1 Å². The SMILES string of the molecule is COC(=O)[C@]12C(=O)C[C@H](Sc3ccccc3)C(C)(C)[C@H]1CCC[C@H]2O[Si](C)(C)C(C)(C)C. The van der Waals surface area contributed by atoms with Crippen molar-refractivity contribution in [3.8, 4) is 0 Å². The Kier molecular flexibility index (Phi) is 7.11. The van der Waals surface area contributed by atoms with Crippen LogP contribution in [0.3, 0.4) is 0 Å². The summed E-state index contributed by atoms with van der Waals surface area (Å²) >= 11 is 1.76. The van der Waals surface area contributed by atoms with Crippen LogP contribution in [0.4, 0.5) is 0 Å². The van der Waals surface area contributed by atoms with E-state index in [0.717, 1.165) is 24.2 Å². The predicted octanol–water partition coefficient (Wildman–Crippen LogP) is 6.50. The third-order valence-electron chi connectivity index (χ3n) is 8.36. The zero-order chi connectivity index (χ0) is 23.9. The van der Waals surface area contributed by atoms with E-state index in [9.17, 15) is 9.59 Å². The normalized spacial score (nSPS) is 30.5. The van der Waals surface area contributed by atoms with Crippen LogP contribution in [0.15, 0.2) is 35.2 Å². The van der Waals surface area contributed by atoms with Gasteiger partial charge in [-0.2, -0.15) is 0 Å². The molecule has 32 heavy (non-hydrogen) atoms. The average molecular weight is 477 g/mol. The molecule has 2 fully saturated rings. The average Bonchev–Trinajstić information content (AvgIpc) is 2.71. The maximum atomic E-state index is 14.0. The van der Waals surface area contributed by atoms with E-state index >= 15 is 0 Å². The van der Waals surface area contributed by atoms with Crippen molar-refractivity contribution in [2.75, 3.05) is 7.11 Å². The van der Waals surface area contributed by atoms with Gasteiger partial charge in [-0.05, 0) is 54.4 Å². The molecule has 178 valence electrons. The van der Waals surface area contributed by atoms with E-state index in [1.165, 1.54) is 7.11 Å². The summed E-state index contributed by atoms with van der Waals surface area (Å²) in [7, 11) is -0.779. The van der Waals surface area contributed by atoms with Crippen molar-refractivity contribution in [3.05, 3.63) is 30.3 Å². The maximum Gasteiger partial charge on any atom is 0.322 e. The van der Waals surface area contributed by atoms with Gasteiger partial charge in [0.2, 0.25) is 0 Å². The first kappa shape index (κ1) is 25.5. The Morgan fingerprint density at radius 1 is 1.12 bits per heavy atom. The molecule has 2 saturated carbocycles. The number of carbonyl (C=O) groups excluding carboxylic acids is 2. The van der Waals surface area contributed by atoms with Crippen molar-refractivity contribution in [2.45, 2.75) is 94.7 Å². The Morgan fingerprint density at radius 2 is 1.75 bits per heavy atom. The Labute approximate surface area is 199 Å². The van der Waals surface area contributed by atoms with Gasteiger partial charge in [0, 0.05) is 16.6 Å². The number of fused-ring (bicyclic) bond motifs is 1. The van der Waals surface area contributed by atoms with Crippen LogP contribution in [0.25, 0.3) is 0 Å². The van der Waals surface area contributed by atoms with Gasteiger partial charge >= 0.3 is 5.97 Å². The Bertz CT molecular complexity index is 845. The van der Waals surface area contributed by atoms with Crippen molar-refractivity contribution in [1.82, 2.24) is 0 Å². The Morgan fingerprint density at radius 3 is 2.31 bits per heavy atom. The molecule has 0 bridgehead atoms. The van der Waals surface area contributed by atoms with Gasteiger partial charge in [0.25, 0.3) is 0 Å². The Hall–Kier alpha value is -1.11. The molecule has 0 heterocycles. The molecule has 0 aromatic heterocycles. The van der Waals surface area contributed by atoms with E-state index in [-0.39, 0.29) is 27.4 Å². The van der Waals surface area contributed by atoms with Crippen molar-refractivity contribution in [3.63, 3.8) is 0 Å². The minimum Gasteiger partial charge on any atom is -0.468 e. The van der Waals surface area contributed by atoms with E-state index in [0.29, 0.717) is 6.42 Å². The number of hydrogen-bond donors (Lipinski definition) is 0. The molecule has 0 spiro atoms. The van der Waals surface area contributed by atoms with Crippen LogP contribution in [0.1, 0.15) is 60.3 Å². The van der Waals surface area contributed by atoms with E-state index in [4.69, 9.17) is 9.16 Å². The first-order valence-corrected chi connectivity index (χ1v) is 15.6. The molecule has 0 unspecified atom stereocenters. The van der Waals surface area contributed by atoms with Crippen LogP contribution in [-0.2, 0) is 18.8 Å². The zero-order valence-electron chi connectivity index (χ0n) is 21.0. The van der Waals surface area contributed by atoms with Crippen molar-refractivity contribution < 1.29 is 18.8 Å². The van der Waals surface area contributed by atoms with Crippen LogP contribution in [-0.4, -0.2) is 38.5 Å². The molecule has 0 N–H and O–H groups in total. The number of ketones is 1. The lowest BCUT2D eigenvalue weighted by molar-refractivity contribution is -0.187. The zero-order valence-corrected chi connectivity index (χ0v) is 22.8. The number of rotatable bonds is 5. The fourth-order valence-corrected chi connectivity index (χ4v) is 8.16. The van der Waals surface area contributed by atoms with Gasteiger partial charge in [-0.3, -0.25) is 9.59 Å². The first-order chi connectivity index (χ1) is 14.8. The van der Waals surface area contributed by atoms with Gasteiger partial charge in [-0.15, -0.1) is 11.8 Å². The standard InChI is InChI=1S/C26H40O4SSi/c1-24(2,3)32(7,8)30-21-16-12-15-19-25(4,5)22(31-18-13-10-9-11-14-18)17-20(27)26(19,21)23(28)29-6/h9-11,13-14,19,21-22H,12,15-17H2,1-8H3/t19-,21-,22+,26+/m1/s1. The molecule has 0 saturated heterocycles. The Balaban J connectivity index is 2.04. The van der Waals surface area contributed by atoms with E-state index in [1.54, 1.807) is 11.8 Å². The monoisotopic (exact) mass is 476 g/mol. The van der Waals surface area contributed by atoms with Crippen LogP contribution in [0, 0.1) is 16.7 Å². The van der Waals surface area contributed by atoms with Crippen LogP contribution >= 0.6 is 11.8 Å². The second-order valence-corrected chi connectivity index (χ2v) is 17.6. The molecular weight excluding hydrogens is 436 g/mol. The molecule has 0 amide bonds. The number of esters is 1. The van der Waals surface area contributed by atoms with Crippen molar-refractivity contribution >= 4 is 31.8 Å². The highest BCUT2D eigenvalue weighted by Crippen LogP contribution is 2.61. The molecule has 2 aliphatic carbocycles. The summed E-state index contributed by atoms with van der Waals surface area (Å²) in [6, 6.07) is 10.3. The highest BCUT2D eigenvalue weighted by Gasteiger charge is 2.68. The molecule has 0 aliphatic heterocycles.